The zero-order valence-electron chi connectivity index (χ0n) is 20.0. The van der Waals surface area contributed by atoms with Gasteiger partial charge in [0.1, 0.15) is 18.2 Å². The lowest BCUT2D eigenvalue weighted by Gasteiger charge is -2.16. The number of carbonyl (C=O) groups excluding carboxylic acids is 1. The monoisotopic (exact) mass is 486 g/mol. The highest BCUT2D eigenvalue weighted by atomic mass is 35.5. The Morgan fingerprint density at radius 3 is 2.63 bits per heavy atom. The van der Waals surface area contributed by atoms with Crippen LogP contribution in [0.1, 0.15) is 27.8 Å². The van der Waals surface area contributed by atoms with Crippen LogP contribution in [-0.2, 0) is 17.8 Å². The van der Waals surface area contributed by atoms with Crippen molar-refractivity contribution in [3.63, 3.8) is 0 Å². The predicted octanol–water partition coefficient (Wildman–Crippen LogP) is 6.82. The van der Waals surface area contributed by atoms with Crippen molar-refractivity contribution in [2.45, 2.75) is 26.9 Å². The molecular weight excluding hydrogens is 460 g/mol. The van der Waals surface area contributed by atoms with Gasteiger partial charge < -0.3 is 14.8 Å². The maximum atomic E-state index is 12.7. The second kappa shape index (κ2) is 11.9. The Morgan fingerprint density at radius 2 is 1.97 bits per heavy atom. The molecule has 0 aromatic heterocycles. The van der Waals surface area contributed by atoms with E-state index in [4.69, 9.17) is 21.1 Å². The van der Waals surface area contributed by atoms with Crippen molar-refractivity contribution >= 4 is 29.3 Å². The quantitative estimate of drug-likeness (QED) is 0.204. The van der Waals surface area contributed by atoms with Gasteiger partial charge in [0.15, 0.2) is 11.5 Å². The summed E-state index contributed by atoms with van der Waals surface area (Å²) in [7, 11) is 1.55. The standard InChI is InChI=1S/C29H27ClN2O3/c1-5-7-23-13-22(14-24(17-31)29(33)32-25-11-10-20(3)26(30)16-25)15-27(34-4)28(23)35-18-21-9-6-8-19(2)12-21/h5-6,8-16H,1,7,18H2,2-4H3,(H,32,33)/b24-14-. The summed E-state index contributed by atoms with van der Waals surface area (Å²) >= 11 is 6.14. The lowest BCUT2D eigenvalue weighted by Crippen LogP contribution is -2.13. The number of nitrogens with zero attached hydrogens (tertiary/aromatic N) is 1. The molecule has 0 aliphatic carbocycles. The number of nitrogens with one attached hydrogen (secondary N) is 1. The first-order chi connectivity index (χ1) is 16.8. The summed E-state index contributed by atoms with van der Waals surface area (Å²) in [6.07, 6.45) is 3.81. The fourth-order valence-electron chi connectivity index (χ4n) is 3.53. The summed E-state index contributed by atoms with van der Waals surface area (Å²) in [5, 5.41) is 12.9. The zero-order valence-corrected chi connectivity index (χ0v) is 20.8. The van der Waals surface area contributed by atoms with E-state index in [0.717, 1.165) is 22.3 Å². The average molecular weight is 487 g/mol. The minimum atomic E-state index is -0.531. The Balaban J connectivity index is 1.90. The van der Waals surface area contributed by atoms with Crippen molar-refractivity contribution in [2.75, 3.05) is 12.4 Å². The third-order valence-electron chi connectivity index (χ3n) is 5.31. The lowest BCUT2D eigenvalue weighted by molar-refractivity contribution is -0.112. The molecule has 0 atom stereocenters. The van der Waals surface area contributed by atoms with Crippen molar-refractivity contribution < 1.29 is 14.3 Å². The molecule has 0 aliphatic rings. The summed E-state index contributed by atoms with van der Waals surface area (Å²) in [6, 6.07) is 18.9. The number of nitriles is 1. The molecule has 3 rings (SSSR count). The van der Waals surface area contributed by atoms with Crippen LogP contribution in [0.15, 0.2) is 72.8 Å². The third-order valence-corrected chi connectivity index (χ3v) is 5.72. The van der Waals surface area contributed by atoms with Gasteiger partial charge in [0.25, 0.3) is 5.91 Å². The van der Waals surface area contributed by atoms with Crippen LogP contribution in [-0.4, -0.2) is 13.0 Å². The third kappa shape index (κ3) is 6.75. The Kier molecular flexibility index (Phi) is 8.72. The number of benzene rings is 3. The van der Waals surface area contributed by atoms with Gasteiger partial charge in [0.2, 0.25) is 0 Å². The molecule has 5 nitrogen and oxygen atoms in total. The first-order valence-electron chi connectivity index (χ1n) is 11.0. The normalized spacial score (nSPS) is 10.9. The van der Waals surface area contributed by atoms with Crippen LogP contribution in [0.5, 0.6) is 11.5 Å². The van der Waals surface area contributed by atoms with Crippen LogP contribution in [0.3, 0.4) is 0 Å². The summed E-state index contributed by atoms with van der Waals surface area (Å²) in [6.45, 7) is 8.12. The SMILES string of the molecule is C=CCc1cc(/C=C(/C#N)C(=O)Nc2ccc(C)c(Cl)c2)cc(OC)c1OCc1cccc(C)c1. The van der Waals surface area contributed by atoms with Gasteiger partial charge in [-0.25, -0.2) is 0 Å². The van der Waals surface area contributed by atoms with Gasteiger partial charge in [0, 0.05) is 16.3 Å². The van der Waals surface area contributed by atoms with E-state index in [1.165, 1.54) is 6.08 Å². The van der Waals surface area contributed by atoms with Gasteiger partial charge in [-0.1, -0.05) is 53.6 Å². The van der Waals surface area contributed by atoms with Crippen molar-refractivity contribution in [1.29, 1.82) is 5.26 Å². The van der Waals surface area contributed by atoms with Crippen LogP contribution in [0.25, 0.3) is 6.08 Å². The predicted molar refractivity (Wildman–Crippen MR) is 141 cm³/mol. The molecular formula is C29H27ClN2O3. The molecule has 178 valence electrons. The molecule has 0 unspecified atom stereocenters. The Hall–Kier alpha value is -4.01. The molecule has 0 spiro atoms. The number of ether oxygens (including phenoxy) is 2. The number of hydrogen-bond acceptors (Lipinski definition) is 4. The average Bonchev–Trinajstić information content (AvgIpc) is 2.84. The molecule has 35 heavy (non-hydrogen) atoms. The van der Waals surface area contributed by atoms with Crippen LogP contribution < -0.4 is 14.8 Å². The van der Waals surface area contributed by atoms with E-state index in [-0.39, 0.29) is 5.57 Å². The molecule has 0 bridgehead atoms. The maximum Gasteiger partial charge on any atom is 0.266 e. The Morgan fingerprint density at radius 1 is 1.17 bits per heavy atom. The van der Waals surface area contributed by atoms with Crippen molar-refractivity contribution in [1.82, 2.24) is 0 Å². The smallest absolute Gasteiger partial charge is 0.266 e. The van der Waals surface area contributed by atoms with Gasteiger partial charge in [-0.15, -0.1) is 6.58 Å². The largest absolute Gasteiger partial charge is 0.493 e. The van der Waals surface area contributed by atoms with Crippen molar-refractivity contribution in [3.8, 4) is 17.6 Å². The number of halogens is 1. The molecule has 0 fully saturated rings. The summed E-state index contributed by atoms with van der Waals surface area (Å²) in [5.74, 6) is 0.575. The van der Waals surface area contributed by atoms with E-state index in [0.29, 0.717) is 40.8 Å². The van der Waals surface area contributed by atoms with Gasteiger partial charge in [-0.3, -0.25) is 4.79 Å². The number of allylic oxidation sites excluding steroid dienone is 1. The number of carbonyl (C=O) groups is 1. The van der Waals surface area contributed by atoms with E-state index < -0.39 is 5.91 Å². The molecule has 6 heteroatoms. The van der Waals surface area contributed by atoms with Crippen molar-refractivity contribution in [3.05, 3.63) is 106 Å². The molecule has 0 saturated carbocycles. The van der Waals surface area contributed by atoms with Crippen LogP contribution in [0, 0.1) is 25.2 Å². The lowest BCUT2D eigenvalue weighted by atomic mass is 10.0. The number of hydrogen-bond donors (Lipinski definition) is 1. The fraction of sp³-hybridized carbons (Fsp3) is 0.172. The van der Waals surface area contributed by atoms with E-state index in [1.54, 1.807) is 37.5 Å². The summed E-state index contributed by atoms with van der Waals surface area (Å²) < 4.78 is 11.7. The molecule has 0 radical (unpaired) electrons. The first-order valence-corrected chi connectivity index (χ1v) is 11.4. The number of methoxy groups -OCH3 is 1. The van der Waals surface area contributed by atoms with E-state index in [1.807, 2.05) is 44.2 Å². The second-order valence-electron chi connectivity index (χ2n) is 8.07. The van der Waals surface area contributed by atoms with Gasteiger partial charge >= 0.3 is 0 Å². The van der Waals surface area contributed by atoms with Gasteiger partial charge in [0.05, 0.1) is 7.11 Å². The Bertz CT molecular complexity index is 1320. The highest BCUT2D eigenvalue weighted by Crippen LogP contribution is 2.35. The fourth-order valence-corrected chi connectivity index (χ4v) is 3.71. The number of rotatable bonds is 9. The molecule has 3 aromatic carbocycles. The number of anilines is 1. The molecule has 1 amide bonds. The maximum absolute atomic E-state index is 12.7. The van der Waals surface area contributed by atoms with E-state index in [9.17, 15) is 10.1 Å². The van der Waals surface area contributed by atoms with Gasteiger partial charge in [-0.05, 0) is 67.3 Å². The van der Waals surface area contributed by atoms with E-state index in [2.05, 4.69) is 18.0 Å². The van der Waals surface area contributed by atoms with Crippen LogP contribution >= 0.6 is 11.6 Å². The summed E-state index contributed by atoms with van der Waals surface area (Å²) in [5.41, 5.74) is 5.02. The van der Waals surface area contributed by atoms with Crippen LogP contribution in [0.2, 0.25) is 5.02 Å². The molecule has 3 aromatic rings. The molecule has 1 N–H and O–H groups in total. The summed E-state index contributed by atoms with van der Waals surface area (Å²) in [4.78, 5) is 12.7. The molecule has 0 heterocycles. The zero-order chi connectivity index (χ0) is 25.4. The first kappa shape index (κ1) is 25.6. The topological polar surface area (TPSA) is 71.4 Å². The Labute approximate surface area is 211 Å². The van der Waals surface area contributed by atoms with E-state index >= 15 is 0 Å². The number of aryl methyl sites for hydroxylation is 2. The minimum absolute atomic E-state index is 0.0540. The highest BCUT2D eigenvalue weighted by molar-refractivity contribution is 6.31. The molecule has 0 aliphatic heterocycles. The second-order valence-corrected chi connectivity index (χ2v) is 8.48. The van der Waals surface area contributed by atoms with Crippen molar-refractivity contribution in [2.24, 2.45) is 0 Å². The molecule has 0 saturated heterocycles. The van der Waals surface area contributed by atoms with Crippen LogP contribution in [0.4, 0.5) is 5.69 Å². The minimum Gasteiger partial charge on any atom is -0.493 e. The highest BCUT2D eigenvalue weighted by Gasteiger charge is 2.15. The number of amides is 1. The van der Waals surface area contributed by atoms with Gasteiger partial charge in [-0.2, -0.15) is 5.26 Å².